The van der Waals surface area contributed by atoms with E-state index < -0.39 is 0 Å². The molecule has 0 bridgehead atoms. The summed E-state index contributed by atoms with van der Waals surface area (Å²) in [6, 6.07) is 12.2. The summed E-state index contributed by atoms with van der Waals surface area (Å²) in [6.45, 7) is 6.34. The summed E-state index contributed by atoms with van der Waals surface area (Å²) >= 11 is 0. The van der Waals surface area contributed by atoms with E-state index in [2.05, 4.69) is 53.0 Å². The van der Waals surface area contributed by atoms with Gasteiger partial charge in [0.05, 0.1) is 0 Å². The summed E-state index contributed by atoms with van der Waals surface area (Å²) in [5.41, 5.74) is 4.06. The Morgan fingerprint density at radius 2 is 1.59 bits per heavy atom. The molecule has 0 amide bonds. The molecular formula is C18H19N3O. The summed E-state index contributed by atoms with van der Waals surface area (Å²) < 4.78 is 5.58. The van der Waals surface area contributed by atoms with Crippen molar-refractivity contribution in [2.24, 2.45) is 0 Å². The number of rotatable bonds is 5. The van der Waals surface area contributed by atoms with Crippen molar-refractivity contribution in [3.05, 3.63) is 55.1 Å². The first-order chi connectivity index (χ1) is 10.8. The van der Waals surface area contributed by atoms with Crippen LogP contribution < -0.4 is 4.90 Å². The molecule has 1 aromatic carbocycles. The van der Waals surface area contributed by atoms with Crippen LogP contribution in [0.5, 0.6) is 0 Å². The molecule has 0 spiro atoms. The molecule has 0 saturated carbocycles. The molecule has 22 heavy (non-hydrogen) atoms. The molecule has 4 heteroatoms. The van der Waals surface area contributed by atoms with E-state index in [1.165, 1.54) is 5.69 Å². The van der Waals surface area contributed by atoms with Gasteiger partial charge in [0.25, 0.3) is 0 Å². The number of anilines is 1. The SMILES string of the molecule is CCN(CC)c1ccc(-c2coc(-c3ccncc3)n2)cc1. The van der Waals surface area contributed by atoms with Crippen LogP contribution in [-0.2, 0) is 0 Å². The third kappa shape index (κ3) is 2.86. The Morgan fingerprint density at radius 1 is 0.909 bits per heavy atom. The maximum Gasteiger partial charge on any atom is 0.226 e. The van der Waals surface area contributed by atoms with Gasteiger partial charge in [-0.2, -0.15) is 0 Å². The van der Waals surface area contributed by atoms with Gasteiger partial charge in [0, 0.05) is 42.3 Å². The van der Waals surface area contributed by atoms with E-state index in [9.17, 15) is 0 Å². The monoisotopic (exact) mass is 293 g/mol. The fourth-order valence-corrected chi connectivity index (χ4v) is 2.47. The van der Waals surface area contributed by atoms with E-state index in [-0.39, 0.29) is 0 Å². The lowest BCUT2D eigenvalue weighted by Crippen LogP contribution is -2.21. The van der Waals surface area contributed by atoms with Crippen LogP contribution in [0.2, 0.25) is 0 Å². The van der Waals surface area contributed by atoms with Crippen LogP contribution in [-0.4, -0.2) is 23.1 Å². The summed E-state index contributed by atoms with van der Waals surface area (Å²) in [5, 5.41) is 0. The molecule has 0 unspecified atom stereocenters. The second-order valence-corrected chi connectivity index (χ2v) is 4.99. The second kappa shape index (κ2) is 6.43. The lowest BCUT2D eigenvalue weighted by atomic mass is 10.1. The van der Waals surface area contributed by atoms with Crippen molar-refractivity contribution < 1.29 is 4.42 Å². The average molecular weight is 293 g/mol. The summed E-state index contributed by atoms with van der Waals surface area (Å²) in [6.07, 6.45) is 5.17. The topological polar surface area (TPSA) is 42.2 Å². The highest BCUT2D eigenvalue weighted by atomic mass is 16.3. The molecule has 0 saturated heterocycles. The van der Waals surface area contributed by atoms with Gasteiger partial charge in [-0.05, 0) is 38.1 Å². The average Bonchev–Trinajstić information content (AvgIpc) is 3.07. The molecule has 3 rings (SSSR count). The molecule has 3 aromatic rings. The van der Waals surface area contributed by atoms with Crippen molar-refractivity contribution in [3.8, 4) is 22.7 Å². The van der Waals surface area contributed by atoms with Crippen molar-refractivity contribution in [2.75, 3.05) is 18.0 Å². The van der Waals surface area contributed by atoms with E-state index in [4.69, 9.17) is 4.42 Å². The summed E-state index contributed by atoms with van der Waals surface area (Å²) in [4.78, 5) is 10.9. The van der Waals surface area contributed by atoms with Crippen LogP contribution in [0.3, 0.4) is 0 Å². The van der Waals surface area contributed by atoms with Crippen molar-refractivity contribution >= 4 is 5.69 Å². The normalized spacial score (nSPS) is 10.6. The number of benzene rings is 1. The number of hydrogen-bond donors (Lipinski definition) is 0. The first-order valence-electron chi connectivity index (χ1n) is 7.53. The third-order valence-corrected chi connectivity index (χ3v) is 3.72. The Bertz CT molecular complexity index is 716. The van der Waals surface area contributed by atoms with Gasteiger partial charge in [0.1, 0.15) is 12.0 Å². The van der Waals surface area contributed by atoms with Crippen molar-refractivity contribution in [1.29, 1.82) is 0 Å². The van der Waals surface area contributed by atoms with E-state index in [1.807, 2.05) is 12.1 Å². The van der Waals surface area contributed by atoms with E-state index >= 15 is 0 Å². The van der Waals surface area contributed by atoms with Gasteiger partial charge < -0.3 is 9.32 Å². The van der Waals surface area contributed by atoms with E-state index in [1.54, 1.807) is 18.7 Å². The Kier molecular flexibility index (Phi) is 4.19. The predicted octanol–water partition coefficient (Wildman–Crippen LogP) is 4.25. The van der Waals surface area contributed by atoms with Crippen molar-refractivity contribution in [1.82, 2.24) is 9.97 Å². The largest absolute Gasteiger partial charge is 0.444 e. The Balaban J connectivity index is 1.85. The lowest BCUT2D eigenvalue weighted by Gasteiger charge is -2.20. The quantitative estimate of drug-likeness (QED) is 0.705. The number of hydrogen-bond acceptors (Lipinski definition) is 4. The van der Waals surface area contributed by atoms with Gasteiger partial charge in [-0.15, -0.1) is 0 Å². The zero-order valence-corrected chi connectivity index (χ0v) is 12.9. The van der Waals surface area contributed by atoms with Crippen molar-refractivity contribution in [3.63, 3.8) is 0 Å². The molecular weight excluding hydrogens is 274 g/mol. The first kappa shape index (κ1) is 14.3. The minimum absolute atomic E-state index is 0.616. The third-order valence-electron chi connectivity index (χ3n) is 3.72. The van der Waals surface area contributed by atoms with Crippen LogP contribution in [0.4, 0.5) is 5.69 Å². The first-order valence-corrected chi connectivity index (χ1v) is 7.53. The summed E-state index contributed by atoms with van der Waals surface area (Å²) in [7, 11) is 0. The minimum Gasteiger partial charge on any atom is -0.444 e. The van der Waals surface area contributed by atoms with Gasteiger partial charge in [-0.25, -0.2) is 4.98 Å². The maximum atomic E-state index is 5.58. The van der Waals surface area contributed by atoms with E-state index in [0.717, 1.165) is 29.9 Å². The van der Waals surface area contributed by atoms with Gasteiger partial charge in [-0.1, -0.05) is 12.1 Å². The van der Waals surface area contributed by atoms with Crippen LogP contribution in [0.15, 0.2) is 59.5 Å². The molecule has 0 atom stereocenters. The minimum atomic E-state index is 0.616. The zero-order chi connectivity index (χ0) is 15.4. The van der Waals surface area contributed by atoms with Crippen LogP contribution >= 0.6 is 0 Å². The second-order valence-electron chi connectivity index (χ2n) is 4.99. The van der Waals surface area contributed by atoms with Gasteiger partial charge in [0.15, 0.2) is 0 Å². The highest BCUT2D eigenvalue weighted by Crippen LogP contribution is 2.26. The molecule has 0 aliphatic heterocycles. The van der Waals surface area contributed by atoms with Gasteiger partial charge in [-0.3, -0.25) is 4.98 Å². The summed E-state index contributed by atoms with van der Waals surface area (Å²) in [5.74, 6) is 0.616. The lowest BCUT2D eigenvalue weighted by molar-refractivity contribution is 0.575. The van der Waals surface area contributed by atoms with Crippen LogP contribution in [0, 0.1) is 0 Å². The predicted molar refractivity (Wildman–Crippen MR) is 88.7 cm³/mol. The van der Waals surface area contributed by atoms with Gasteiger partial charge >= 0.3 is 0 Å². The number of aromatic nitrogens is 2. The number of nitrogens with zero attached hydrogens (tertiary/aromatic N) is 3. The van der Waals surface area contributed by atoms with Crippen molar-refractivity contribution in [2.45, 2.75) is 13.8 Å². The Morgan fingerprint density at radius 3 is 2.23 bits per heavy atom. The number of oxazole rings is 1. The molecule has 2 heterocycles. The molecule has 0 fully saturated rings. The number of pyridine rings is 1. The highest BCUT2D eigenvalue weighted by Gasteiger charge is 2.09. The molecule has 0 aliphatic rings. The molecule has 0 aliphatic carbocycles. The maximum absolute atomic E-state index is 5.58. The molecule has 4 nitrogen and oxygen atoms in total. The fraction of sp³-hybridized carbons (Fsp3) is 0.222. The molecule has 112 valence electrons. The zero-order valence-electron chi connectivity index (χ0n) is 12.9. The molecule has 2 aromatic heterocycles. The van der Waals surface area contributed by atoms with Crippen LogP contribution in [0.1, 0.15) is 13.8 Å². The fourth-order valence-electron chi connectivity index (χ4n) is 2.47. The highest BCUT2D eigenvalue weighted by molar-refractivity contribution is 5.65. The van der Waals surface area contributed by atoms with Gasteiger partial charge in [0.2, 0.25) is 5.89 Å². The van der Waals surface area contributed by atoms with Crippen LogP contribution in [0.25, 0.3) is 22.7 Å². The van der Waals surface area contributed by atoms with E-state index in [0.29, 0.717) is 5.89 Å². The molecule has 0 radical (unpaired) electrons. The smallest absolute Gasteiger partial charge is 0.226 e. The standard InChI is InChI=1S/C18H19N3O/c1-3-21(4-2)16-7-5-14(6-8-16)17-13-22-18(20-17)15-9-11-19-12-10-15/h5-13H,3-4H2,1-2H3. The Labute approximate surface area is 130 Å². The molecule has 0 N–H and O–H groups in total. The Hall–Kier alpha value is -2.62.